The molecular formula is C11H23NO. The van der Waals surface area contributed by atoms with Crippen LogP contribution in [0.5, 0.6) is 0 Å². The SMILES string of the molecule is CC(C)C(N)C1C(C)OC(C)C1C. The highest BCUT2D eigenvalue weighted by atomic mass is 16.5. The van der Waals surface area contributed by atoms with Crippen molar-refractivity contribution in [2.75, 3.05) is 0 Å². The van der Waals surface area contributed by atoms with Crippen LogP contribution in [0, 0.1) is 17.8 Å². The molecule has 0 aromatic rings. The minimum Gasteiger partial charge on any atom is -0.375 e. The topological polar surface area (TPSA) is 35.2 Å². The number of hydrogen-bond acceptors (Lipinski definition) is 2. The van der Waals surface area contributed by atoms with Gasteiger partial charge in [0, 0.05) is 12.0 Å². The summed E-state index contributed by atoms with van der Waals surface area (Å²) >= 11 is 0. The van der Waals surface area contributed by atoms with Gasteiger partial charge in [0.15, 0.2) is 0 Å². The van der Waals surface area contributed by atoms with Crippen LogP contribution in [0.2, 0.25) is 0 Å². The van der Waals surface area contributed by atoms with Crippen molar-refractivity contribution in [3.05, 3.63) is 0 Å². The highest BCUT2D eigenvalue weighted by Gasteiger charge is 2.40. The summed E-state index contributed by atoms with van der Waals surface area (Å²) in [5, 5.41) is 0. The molecule has 0 saturated carbocycles. The van der Waals surface area contributed by atoms with Crippen molar-refractivity contribution in [2.24, 2.45) is 23.5 Å². The third-order valence-electron chi connectivity index (χ3n) is 3.53. The Balaban J connectivity index is 2.68. The average molecular weight is 185 g/mol. The van der Waals surface area contributed by atoms with Crippen LogP contribution < -0.4 is 5.73 Å². The van der Waals surface area contributed by atoms with Crippen LogP contribution in [0.4, 0.5) is 0 Å². The smallest absolute Gasteiger partial charge is 0.0597 e. The second-order valence-electron chi connectivity index (χ2n) is 4.80. The van der Waals surface area contributed by atoms with Gasteiger partial charge in [0.1, 0.15) is 0 Å². The summed E-state index contributed by atoms with van der Waals surface area (Å²) in [5.41, 5.74) is 6.18. The van der Waals surface area contributed by atoms with Gasteiger partial charge in [-0.1, -0.05) is 20.8 Å². The van der Waals surface area contributed by atoms with Gasteiger partial charge < -0.3 is 10.5 Å². The Kier molecular flexibility index (Phi) is 3.36. The lowest BCUT2D eigenvalue weighted by atomic mass is 9.79. The second kappa shape index (κ2) is 3.97. The van der Waals surface area contributed by atoms with Gasteiger partial charge >= 0.3 is 0 Å². The first kappa shape index (κ1) is 11.0. The monoisotopic (exact) mass is 185 g/mol. The van der Waals surface area contributed by atoms with E-state index in [2.05, 4.69) is 34.6 Å². The van der Waals surface area contributed by atoms with E-state index in [1.807, 2.05) is 0 Å². The summed E-state index contributed by atoms with van der Waals surface area (Å²) in [4.78, 5) is 0. The fourth-order valence-corrected chi connectivity index (χ4v) is 2.40. The summed E-state index contributed by atoms with van der Waals surface area (Å²) in [7, 11) is 0. The molecule has 1 heterocycles. The van der Waals surface area contributed by atoms with Gasteiger partial charge in [-0.2, -0.15) is 0 Å². The van der Waals surface area contributed by atoms with E-state index in [-0.39, 0.29) is 6.04 Å². The molecule has 1 fully saturated rings. The van der Waals surface area contributed by atoms with Gasteiger partial charge in [0.25, 0.3) is 0 Å². The Morgan fingerprint density at radius 3 is 1.92 bits per heavy atom. The number of ether oxygens (including phenoxy) is 1. The summed E-state index contributed by atoms with van der Waals surface area (Å²) in [6, 6.07) is 0.273. The lowest BCUT2D eigenvalue weighted by Gasteiger charge is -2.28. The first-order valence-electron chi connectivity index (χ1n) is 5.36. The molecule has 5 unspecified atom stereocenters. The molecule has 0 radical (unpaired) electrons. The first-order chi connectivity index (χ1) is 5.95. The summed E-state index contributed by atoms with van der Waals surface area (Å²) in [6.45, 7) is 10.9. The molecule has 0 aromatic carbocycles. The van der Waals surface area contributed by atoms with Crippen molar-refractivity contribution in [3.63, 3.8) is 0 Å². The van der Waals surface area contributed by atoms with Gasteiger partial charge in [-0.3, -0.25) is 0 Å². The van der Waals surface area contributed by atoms with Crippen molar-refractivity contribution in [3.8, 4) is 0 Å². The normalized spacial score (nSPS) is 42.7. The molecule has 1 saturated heterocycles. The quantitative estimate of drug-likeness (QED) is 0.714. The fraction of sp³-hybridized carbons (Fsp3) is 1.00. The molecule has 2 heteroatoms. The van der Waals surface area contributed by atoms with Crippen LogP contribution >= 0.6 is 0 Å². The van der Waals surface area contributed by atoms with E-state index in [4.69, 9.17) is 10.5 Å². The van der Waals surface area contributed by atoms with Crippen molar-refractivity contribution in [1.82, 2.24) is 0 Å². The summed E-state index contributed by atoms with van der Waals surface area (Å²) in [5.74, 6) is 1.66. The van der Waals surface area contributed by atoms with Crippen molar-refractivity contribution in [1.29, 1.82) is 0 Å². The van der Waals surface area contributed by atoms with Crippen molar-refractivity contribution < 1.29 is 4.74 Å². The molecule has 78 valence electrons. The molecular weight excluding hydrogens is 162 g/mol. The lowest BCUT2D eigenvalue weighted by Crippen LogP contribution is -2.41. The molecule has 2 N–H and O–H groups in total. The van der Waals surface area contributed by atoms with Crippen LogP contribution in [0.1, 0.15) is 34.6 Å². The van der Waals surface area contributed by atoms with Gasteiger partial charge in [-0.05, 0) is 25.7 Å². The van der Waals surface area contributed by atoms with Gasteiger partial charge in [-0.15, -0.1) is 0 Å². The van der Waals surface area contributed by atoms with E-state index in [9.17, 15) is 0 Å². The van der Waals surface area contributed by atoms with Gasteiger partial charge in [0.05, 0.1) is 12.2 Å². The standard InChI is InChI=1S/C11H23NO/c1-6(2)11(12)10-7(3)8(4)13-9(10)5/h6-11H,12H2,1-5H3. The van der Waals surface area contributed by atoms with Crippen LogP contribution in [-0.4, -0.2) is 18.2 Å². The van der Waals surface area contributed by atoms with E-state index in [1.54, 1.807) is 0 Å². The molecule has 13 heavy (non-hydrogen) atoms. The maximum atomic E-state index is 6.18. The Morgan fingerprint density at radius 2 is 1.62 bits per heavy atom. The van der Waals surface area contributed by atoms with E-state index in [1.165, 1.54) is 0 Å². The van der Waals surface area contributed by atoms with Crippen molar-refractivity contribution in [2.45, 2.75) is 52.9 Å². The fourth-order valence-electron chi connectivity index (χ4n) is 2.40. The Morgan fingerprint density at radius 1 is 1.08 bits per heavy atom. The Bertz CT molecular complexity index is 169. The highest BCUT2D eigenvalue weighted by molar-refractivity contribution is 4.91. The minimum atomic E-state index is 0.273. The van der Waals surface area contributed by atoms with Crippen LogP contribution in [0.15, 0.2) is 0 Å². The number of nitrogens with two attached hydrogens (primary N) is 1. The average Bonchev–Trinajstić information content (AvgIpc) is 2.26. The van der Waals surface area contributed by atoms with E-state index < -0.39 is 0 Å². The molecule has 2 nitrogen and oxygen atoms in total. The molecule has 0 bridgehead atoms. The molecule has 1 rings (SSSR count). The lowest BCUT2D eigenvalue weighted by molar-refractivity contribution is 0.0473. The predicted octanol–water partition coefficient (Wildman–Crippen LogP) is 2.03. The summed E-state index contributed by atoms with van der Waals surface area (Å²) < 4.78 is 5.78. The van der Waals surface area contributed by atoms with Crippen molar-refractivity contribution >= 4 is 0 Å². The maximum absolute atomic E-state index is 6.18. The van der Waals surface area contributed by atoms with Crippen LogP contribution in [0.25, 0.3) is 0 Å². The van der Waals surface area contributed by atoms with Gasteiger partial charge in [0.2, 0.25) is 0 Å². The maximum Gasteiger partial charge on any atom is 0.0597 e. The number of rotatable bonds is 2. The minimum absolute atomic E-state index is 0.273. The first-order valence-corrected chi connectivity index (χ1v) is 5.36. The third kappa shape index (κ3) is 2.05. The molecule has 5 atom stereocenters. The van der Waals surface area contributed by atoms with Gasteiger partial charge in [-0.25, -0.2) is 0 Å². The molecule has 1 aliphatic rings. The third-order valence-corrected chi connectivity index (χ3v) is 3.53. The summed E-state index contributed by atoms with van der Waals surface area (Å²) in [6.07, 6.45) is 0.687. The zero-order valence-electron chi connectivity index (χ0n) is 9.45. The highest BCUT2D eigenvalue weighted by Crippen LogP contribution is 2.35. The van der Waals surface area contributed by atoms with Crippen LogP contribution in [-0.2, 0) is 4.74 Å². The largest absolute Gasteiger partial charge is 0.375 e. The zero-order chi connectivity index (χ0) is 10.2. The molecule has 0 aliphatic carbocycles. The second-order valence-corrected chi connectivity index (χ2v) is 4.80. The van der Waals surface area contributed by atoms with E-state index in [0.29, 0.717) is 30.0 Å². The predicted molar refractivity (Wildman–Crippen MR) is 55.5 cm³/mol. The molecule has 0 amide bonds. The molecule has 0 spiro atoms. The zero-order valence-corrected chi connectivity index (χ0v) is 9.45. The van der Waals surface area contributed by atoms with E-state index >= 15 is 0 Å². The Hall–Kier alpha value is -0.0800. The number of hydrogen-bond donors (Lipinski definition) is 1. The van der Waals surface area contributed by atoms with E-state index in [0.717, 1.165) is 0 Å². The molecule has 0 aromatic heterocycles. The van der Waals surface area contributed by atoms with Crippen LogP contribution in [0.3, 0.4) is 0 Å². The Labute approximate surface area is 81.8 Å². The molecule has 1 aliphatic heterocycles.